The Morgan fingerprint density at radius 3 is 1.91 bits per heavy atom. The third-order valence-electron chi connectivity index (χ3n) is 4.91. The summed E-state index contributed by atoms with van der Waals surface area (Å²) in [6.45, 7) is 4.90. The molecule has 2 rings (SSSR count). The van der Waals surface area contributed by atoms with Gasteiger partial charge in [-0.15, -0.1) is 0 Å². The van der Waals surface area contributed by atoms with Crippen molar-refractivity contribution in [3.05, 3.63) is 11.1 Å². The van der Waals surface area contributed by atoms with Gasteiger partial charge < -0.3 is 14.8 Å². The normalized spacial score (nSPS) is 27.2. The molecule has 23 heavy (non-hydrogen) atoms. The highest BCUT2D eigenvalue weighted by atomic mass is 32.2. The zero-order valence-electron chi connectivity index (χ0n) is 13.7. The van der Waals surface area contributed by atoms with E-state index in [1.54, 1.807) is 4.90 Å². The average molecular weight is 343 g/mol. The van der Waals surface area contributed by atoms with Crippen LogP contribution in [0.15, 0.2) is 11.1 Å². The highest BCUT2D eigenvalue weighted by Crippen LogP contribution is 2.35. The number of carbonyl (C=O) groups is 2. The van der Waals surface area contributed by atoms with E-state index in [-0.39, 0.29) is 19.0 Å². The maximum Gasteiger partial charge on any atom is 0.226 e. The molecule has 1 aliphatic heterocycles. The fraction of sp³-hybridized carbons (Fsp3) is 0.733. The van der Waals surface area contributed by atoms with Crippen molar-refractivity contribution in [1.29, 1.82) is 0 Å². The minimum Gasteiger partial charge on any atom is -0.550 e. The first-order valence-electron chi connectivity index (χ1n) is 7.71. The van der Waals surface area contributed by atoms with Crippen LogP contribution < -0.4 is 5.11 Å². The number of carboxylic acids is 1. The van der Waals surface area contributed by atoms with Gasteiger partial charge in [0.1, 0.15) is 0 Å². The summed E-state index contributed by atoms with van der Waals surface area (Å²) in [5.74, 6) is -2.82. The molecule has 2 aliphatic rings. The van der Waals surface area contributed by atoms with Gasteiger partial charge in [-0.05, 0) is 26.7 Å². The Morgan fingerprint density at radius 2 is 1.48 bits per heavy atom. The molecule has 0 bridgehead atoms. The first kappa shape index (κ1) is 17.9. The molecular weight excluding hydrogens is 320 g/mol. The zero-order chi connectivity index (χ0) is 17.4. The number of nitrogens with zero attached hydrogens (tertiary/aromatic N) is 2. The SMILES string of the molecule is CC1=C(C)C[C@@H](C(=O)N2CCN(S(C)(=O)=O)CC2)[C@H](C(=O)[O-])C1. The van der Waals surface area contributed by atoms with Crippen molar-refractivity contribution in [1.82, 2.24) is 9.21 Å². The molecule has 1 saturated heterocycles. The lowest BCUT2D eigenvalue weighted by atomic mass is 9.76. The predicted octanol–water partition coefficient (Wildman–Crippen LogP) is -0.797. The molecule has 0 radical (unpaired) electrons. The number of amides is 1. The Labute approximate surface area is 137 Å². The number of aliphatic carboxylic acids is 1. The molecule has 0 aromatic rings. The van der Waals surface area contributed by atoms with Crippen LogP contribution >= 0.6 is 0 Å². The lowest BCUT2D eigenvalue weighted by Crippen LogP contribution is -2.53. The Bertz CT molecular complexity index is 632. The van der Waals surface area contributed by atoms with Gasteiger partial charge in [0.15, 0.2) is 0 Å². The summed E-state index contributed by atoms with van der Waals surface area (Å²) in [4.78, 5) is 25.7. The molecule has 8 heteroatoms. The number of hydrogen-bond donors (Lipinski definition) is 0. The van der Waals surface area contributed by atoms with Gasteiger partial charge in [0, 0.05) is 38.1 Å². The summed E-state index contributed by atoms with van der Waals surface area (Å²) in [5.41, 5.74) is 2.06. The third kappa shape index (κ3) is 3.92. The summed E-state index contributed by atoms with van der Waals surface area (Å²) < 4.78 is 24.4. The van der Waals surface area contributed by atoms with Gasteiger partial charge in [-0.1, -0.05) is 11.1 Å². The van der Waals surface area contributed by atoms with Crippen LogP contribution in [0.2, 0.25) is 0 Å². The highest BCUT2D eigenvalue weighted by molar-refractivity contribution is 7.88. The molecule has 0 saturated carbocycles. The van der Waals surface area contributed by atoms with Crippen molar-refractivity contribution < 1.29 is 23.1 Å². The second-order valence-electron chi connectivity index (χ2n) is 6.49. The fourth-order valence-corrected chi connectivity index (χ4v) is 4.10. The maximum absolute atomic E-state index is 12.7. The Morgan fingerprint density at radius 1 is 1.00 bits per heavy atom. The van der Waals surface area contributed by atoms with Crippen LogP contribution in [0.25, 0.3) is 0 Å². The summed E-state index contributed by atoms with van der Waals surface area (Å²) in [6.07, 6.45) is 1.91. The minimum atomic E-state index is -3.26. The van der Waals surface area contributed by atoms with E-state index in [2.05, 4.69) is 0 Å². The molecule has 0 aromatic carbocycles. The van der Waals surface area contributed by atoms with Crippen LogP contribution in [-0.4, -0.2) is 61.9 Å². The topological polar surface area (TPSA) is 97.8 Å². The van der Waals surface area contributed by atoms with Crippen molar-refractivity contribution in [2.45, 2.75) is 26.7 Å². The largest absolute Gasteiger partial charge is 0.550 e. The predicted molar refractivity (Wildman–Crippen MR) is 82.6 cm³/mol. The lowest BCUT2D eigenvalue weighted by Gasteiger charge is -2.39. The van der Waals surface area contributed by atoms with Crippen molar-refractivity contribution in [3.8, 4) is 0 Å². The molecule has 0 unspecified atom stereocenters. The number of hydrogen-bond acceptors (Lipinski definition) is 5. The maximum atomic E-state index is 12.7. The molecule has 0 N–H and O–H groups in total. The molecule has 0 aromatic heterocycles. The first-order valence-corrected chi connectivity index (χ1v) is 9.56. The van der Waals surface area contributed by atoms with E-state index in [0.717, 1.165) is 17.4 Å². The smallest absolute Gasteiger partial charge is 0.226 e. The summed E-state index contributed by atoms with van der Waals surface area (Å²) in [7, 11) is -3.26. The van der Waals surface area contributed by atoms with Gasteiger partial charge >= 0.3 is 0 Å². The molecule has 7 nitrogen and oxygen atoms in total. The van der Waals surface area contributed by atoms with Crippen molar-refractivity contribution in [2.75, 3.05) is 32.4 Å². The third-order valence-corrected chi connectivity index (χ3v) is 6.21. The number of allylic oxidation sites excluding steroid dienone is 2. The highest BCUT2D eigenvalue weighted by Gasteiger charge is 2.37. The van der Waals surface area contributed by atoms with Gasteiger partial charge in [-0.2, -0.15) is 4.31 Å². The second kappa shape index (κ2) is 6.60. The zero-order valence-corrected chi connectivity index (χ0v) is 14.6. The van der Waals surface area contributed by atoms with E-state index in [1.165, 1.54) is 4.31 Å². The fourth-order valence-electron chi connectivity index (χ4n) is 3.27. The van der Waals surface area contributed by atoms with Gasteiger partial charge in [0.2, 0.25) is 15.9 Å². The molecule has 1 fully saturated rings. The Hall–Kier alpha value is -1.41. The lowest BCUT2D eigenvalue weighted by molar-refractivity contribution is -0.313. The summed E-state index contributed by atoms with van der Waals surface area (Å²) in [6, 6.07) is 0. The van der Waals surface area contributed by atoms with Crippen molar-refractivity contribution in [2.24, 2.45) is 11.8 Å². The Kier molecular flexibility index (Phi) is 5.15. The van der Waals surface area contributed by atoms with E-state index >= 15 is 0 Å². The average Bonchev–Trinajstić information content (AvgIpc) is 2.48. The molecule has 2 atom stereocenters. The van der Waals surface area contributed by atoms with E-state index in [1.807, 2.05) is 13.8 Å². The van der Waals surface area contributed by atoms with Crippen LogP contribution in [-0.2, 0) is 19.6 Å². The number of piperazine rings is 1. The van der Waals surface area contributed by atoms with Crippen molar-refractivity contribution in [3.63, 3.8) is 0 Å². The van der Waals surface area contributed by atoms with E-state index < -0.39 is 27.8 Å². The molecule has 130 valence electrons. The standard InChI is InChI=1S/C15H24N2O5S/c1-10-8-12(13(15(19)20)9-11(10)2)14(18)16-4-6-17(7-5-16)23(3,21)22/h12-13H,4-9H2,1-3H3,(H,19,20)/p-1/t12-,13-/m1/s1. The minimum absolute atomic E-state index is 0.209. The van der Waals surface area contributed by atoms with Crippen LogP contribution in [0.4, 0.5) is 0 Å². The van der Waals surface area contributed by atoms with E-state index in [9.17, 15) is 23.1 Å². The first-order chi connectivity index (χ1) is 10.6. The van der Waals surface area contributed by atoms with Gasteiger partial charge in [0.25, 0.3) is 0 Å². The summed E-state index contributed by atoms with van der Waals surface area (Å²) >= 11 is 0. The number of sulfonamides is 1. The molecule has 1 aliphatic carbocycles. The molecule has 1 amide bonds. The Balaban J connectivity index is 2.09. The van der Waals surface area contributed by atoms with Gasteiger partial charge in [-0.25, -0.2) is 8.42 Å². The van der Waals surface area contributed by atoms with E-state index in [0.29, 0.717) is 25.9 Å². The van der Waals surface area contributed by atoms with Crippen molar-refractivity contribution >= 4 is 21.9 Å². The number of carbonyl (C=O) groups excluding carboxylic acids is 2. The summed E-state index contributed by atoms with van der Waals surface area (Å²) in [5, 5.41) is 11.4. The van der Waals surface area contributed by atoms with Crippen LogP contribution in [0.1, 0.15) is 26.7 Å². The van der Waals surface area contributed by atoms with Crippen LogP contribution in [0.5, 0.6) is 0 Å². The molecule has 1 heterocycles. The molecular formula is C15H23N2O5S-. The van der Waals surface area contributed by atoms with Gasteiger partial charge in [-0.3, -0.25) is 4.79 Å². The number of carboxylic acid groups (broad SMARTS) is 1. The second-order valence-corrected chi connectivity index (χ2v) is 8.47. The van der Waals surface area contributed by atoms with Crippen LogP contribution in [0.3, 0.4) is 0 Å². The number of rotatable bonds is 3. The molecule has 0 spiro atoms. The quantitative estimate of drug-likeness (QED) is 0.625. The van der Waals surface area contributed by atoms with Crippen LogP contribution in [0, 0.1) is 11.8 Å². The van der Waals surface area contributed by atoms with E-state index in [4.69, 9.17) is 0 Å². The monoisotopic (exact) mass is 343 g/mol. The van der Waals surface area contributed by atoms with Gasteiger partial charge in [0.05, 0.1) is 12.2 Å².